The van der Waals surface area contributed by atoms with Gasteiger partial charge in [-0.1, -0.05) is 36.4 Å². The number of hydrogen-bond donors (Lipinski definition) is 3. The van der Waals surface area contributed by atoms with Gasteiger partial charge in [-0.2, -0.15) is 0 Å². The van der Waals surface area contributed by atoms with E-state index in [0.717, 1.165) is 5.56 Å². The first-order chi connectivity index (χ1) is 11.3. The monoisotopic (exact) mass is 347 g/mol. The summed E-state index contributed by atoms with van der Waals surface area (Å²) in [6, 6.07) is 15.2. The molecule has 4 N–H and O–H groups in total. The van der Waals surface area contributed by atoms with E-state index in [-0.39, 0.29) is 16.8 Å². The highest BCUT2D eigenvalue weighted by atomic mass is 32.2. The van der Waals surface area contributed by atoms with E-state index in [0.29, 0.717) is 5.69 Å². The molecule has 0 saturated carbocycles. The molecule has 0 radical (unpaired) electrons. The predicted molar refractivity (Wildman–Crippen MR) is 93.9 cm³/mol. The Morgan fingerprint density at radius 3 is 2.33 bits per heavy atom. The van der Waals surface area contributed by atoms with Gasteiger partial charge in [0.15, 0.2) is 0 Å². The molecule has 0 heterocycles. The van der Waals surface area contributed by atoms with Crippen LogP contribution in [0.4, 0.5) is 5.69 Å². The Morgan fingerprint density at radius 2 is 1.71 bits per heavy atom. The summed E-state index contributed by atoms with van der Waals surface area (Å²) >= 11 is 0. The molecule has 1 amide bonds. The second-order valence-electron chi connectivity index (χ2n) is 5.58. The highest BCUT2D eigenvalue weighted by Gasteiger charge is 2.17. The minimum absolute atomic E-state index is 0.00250. The van der Waals surface area contributed by atoms with E-state index in [9.17, 15) is 13.2 Å². The molecule has 0 unspecified atom stereocenters. The standard InChI is InChI=1S/C17H21N3O3S/c1-12(14-7-4-3-5-8-14)19-13(2)17(21)20-15-9-6-10-16(11-15)24(18,22)23/h3-13,19H,1-2H3,(H,20,21)(H2,18,22,23)/t12-,13+/m1/s1. The van der Waals surface area contributed by atoms with Crippen LogP contribution in [0.5, 0.6) is 0 Å². The fraction of sp³-hybridized carbons (Fsp3) is 0.235. The lowest BCUT2D eigenvalue weighted by Gasteiger charge is -2.20. The van der Waals surface area contributed by atoms with E-state index in [1.54, 1.807) is 13.0 Å². The zero-order valence-corrected chi connectivity index (χ0v) is 14.4. The van der Waals surface area contributed by atoms with Crippen LogP contribution in [-0.2, 0) is 14.8 Å². The molecule has 6 nitrogen and oxygen atoms in total. The normalized spacial score (nSPS) is 14.0. The van der Waals surface area contributed by atoms with Crippen molar-refractivity contribution in [3.8, 4) is 0 Å². The van der Waals surface area contributed by atoms with Crippen LogP contribution in [-0.4, -0.2) is 20.4 Å². The summed E-state index contributed by atoms with van der Waals surface area (Å²) in [5, 5.41) is 11.0. The number of benzene rings is 2. The topological polar surface area (TPSA) is 101 Å². The van der Waals surface area contributed by atoms with Gasteiger partial charge in [-0.05, 0) is 37.6 Å². The zero-order valence-electron chi connectivity index (χ0n) is 13.6. The lowest BCUT2D eigenvalue weighted by Crippen LogP contribution is -2.39. The number of anilines is 1. The van der Waals surface area contributed by atoms with Gasteiger partial charge in [0, 0.05) is 11.7 Å². The minimum Gasteiger partial charge on any atom is -0.325 e. The summed E-state index contributed by atoms with van der Waals surface area (Å²) in [4.78, 5) is 12.2. The van der Waals surface area contributed by atoms with E-state index in [4.69, 9.17) is 5.14 Å². The van der Waals surface area contributed by atoms with Gasteiger partial charge in [0.2, 0.25) is 15.9 Å². The van der Waals surface area contributed by atoms with Gasteiger partial charge in [0.1, 0.15) is 0 Å². The van der Waals surface area contributed by atoms with Crippen molar-refractivity contribution in [2.45, 2.75) is 30.8 Å². The number of nitrogens with one attached hydrogen (secondary N) is 2. The SMILES string of the molecule is C[C@H](N[C@H](C)c1ccccc1)C(=O)Nc1cccc(S(N)(=O)=O)c1. The Balaban J connectivity index is 2.02. The van der Waals surface area contributed by atoms with Gasteiger partial charge < -0.3 is 5.32 Å². The number of sulfonamides is 1. The van der Waals surface area contributed by atoms with Crippen molar-refractivity contribution < 1.29 is 13.2 Å². The molecule has 24 heavy (non-hydrogen) atoms. The van der Waals surface area contributed by atoms with Gasteiger partial charge in [-0.25, -0.2) is 13.6 Å². The summed E-state index contributed by atoms with van der Waals surface area (Å²) in [6.45, 7) is 3.72. The van der Waals surface area contributed by atoms with Gasteiger partial charge >= 0.3 is 0 Å². The van der Waals surface area contributed by atoms with E-state index >= 15 is 0 Å². The molecular weight excluding hydrogens is 326 g/mol. The van der Waals surface area contributed by atoms with Crippen LogP contribution in [0, 0.1) is 0 Å². The number of primary sulfonamides is 1. The third-order valence-corrected chi connectivity index (χ3v) is 4.53. The van der Waals surface area contributed by atoms with Crippen molar-refractivity contribution in [1.82, 2.24) is 5.32 Å². The molecule has 0 saturated heterocycles. The predicted octanol–water partition coefficient (Wildman–Crippen LogP) is 2.01. The van der Waals surface area contributed by atoms with Crippen molar-refractivity contribution in [1.29, 1.82) is 0 Å². The van der Waals surface area contributed by atoms with Gasteiger partial charge in [0.05, 0.1) is 10.9 Å². The summed E-state index contributed by atoms with van der Waals surface area (Å²) < 4.78 is 22.7. The number of amides is 1. The molecule has 0 aromatic heterocycles. The Kier molecular flexibility index (Phi) is 5.71. The number of carbonyl (C=O) groups is 1. The largest absolute Gasteiger partial charge is 0.325 e. The van der Waals surface area contributed by atoms with Gasteiger partial charge in [-0.3, -0.25) is 10.1 Å². The van der Waals surface area contributed by atoms with Crippen LogP contribution in [0.2, 0.25) is 0 Å². The first-order valence-electron chi connectivity index (χ1n) is 7.52. The second kappa shape index (κ2) is 7.57. The third kappa shape index (κ3) is 4.89. The Morgan fingerprint density at radius 1 is 1.04 bits per heavy atom. The highest BCUT2D eigenvalue weighted by Crippen LogP contribution is 2.15. The second-order valence-corrected chi connectivity index (χ2v) is 7.14. The smallest absolute Gasteiger partial charge is 0.241 e. The van der Waals surface area contributed by atoms with Crippen LogP contribution in [0.1, 0.15) is 25.5 Å². The molecule has 0 aliphatic rings. The summed E-state index contributed by atoms with van der Waals surface area (Å²) in [5.41, 5.74) is 1.46. The molecule has 2 aromatic rings. The third-order valence-electron chi connectivity index (χ3n) is 3.62. The molecule has 128 valence electrons. The van der Waals surface area contributed by atoms with Crippen LogP contribution < -0.4 is 15.8 Å². The maximum absolute atomic E-state index is 12.3. The Hall–Kier alpha value is -2.22. The molecule has 2 atom stereocenters. The molecule has 0 spiro atoms. The molecular formula is C17H21N3O3S. The van der Waals surface area contributed by atoms with E-state index in [1.807, 2.05) is 37.3 Å². The van der Waals surface area contributed by atoms with Crippen molar-refractivity contribution in [3.05, 3.63) is 60.2 Å². The Labute approximate surface area is 142 Å². The van der Waals surface area contributed by atoms with Crippen molar-refractivity contribution in [2.24, 2.45) is 5.14 Å². The lowest BCUT2D eigenvalue weighted by molar-refractivity contribution is -0.117. The fourth-order valence-electron chi connectivity index (χ4n) is 2.29. The van der Waals surface area contributed by atoms with E-state index in [2.05, 4.69) is 10.6 Å². The lowest BCUT2D eigenvalue weighted by atomic mass is 10.1. The first-order valence-corrected chi connectivity index (χ1v) is 9.07. The van der Waals surface area contributed by atoms with Crippen molar-refractivity contribution in [3.63, 3.8) is 0 Å². The number of carbonyl (C=O) groups excluding carboxylic acids is 1. The molecule has 0 fully saturated rings. The van der Waals surface area contributed by atoms with Crippen LogP contribution in [0.25, 0.3) is 0 Å². The molecule has 0 aliphatic heterocycles. The minimum atomic E-state index is -3.80. The van der Waals surface area contributed by atoms with Crippen LogP contribution >= 0.6 is 0 Å². The number of hydrogen-bond acceptors (Lipinski definition) is 4. The zero-order chi connectivity index (χ0) is 17.7. The summed E-state index contributed by atoms with van der Waals surface area (Å²) in [7, 11) is -3.80. The summed E-state index contributed by atoms with van der Waals surface area (Å²) in [6.07, 6.45) is 0. The number of rotatable bonds is 6. The highest BCUT2D eigenvalue weighted by molar-refractivity contribution is 7.89. The molecule has 7 heteroatoms. The van der Waals surface area contributed by atoms with Gasteiger partial charge in [-0.15, -0.1) is 0 Å². The van der Waals surface area contributed by atoms with Crippen molar-refractivity contribution >= 4 is 21.6 Å². The molecule has 2 aromatic carbocycles. The average molecular weight is 347 g/mol. The fourth-order valence-corrected chi connectivity index (χ4v) is 2.85. The van der Waals surface area contributed by atoms with Crippen LogP contribution in [0.15, 0.2) is 59.5 Å². The van der Waals surface area contributed by atoms with Crippen molar-refractivity contribution in [2.75, 3.05) is 5.32 Å². The summed E-state index contributed by atoms with van der Waals surface area (Å²) in [5.74, 6) is -0.260. The molecule has 0 bridgehead atoms. The first kappa shape index (κ1) is 18.1. The maximum atomic E-state index is 12.3. The molecule has 2 rings (SSSR count). The van der Waals surface area contributed by atoms with Gasteiger partial charge in [0.25, 0.3) is 0 Å². The molecule has 0 aliphatic carbocycles. The van der Waals surface area contributed by atoms with E-state index < -0.39 is 16.1 Å². The quantitative estimate of drug-likeness (QED) is 0.744. The Bertz CT molecular complexity index is 807. The maximum Gasteiger partial charge on any atom is 0.241 e. The van der Waals surface area contributed by atoms with E-state index in [1.165, 1.54) is 18.2 Å². The van der Waals surface area contributed by atoms with Crippen LogP contribution in [0.3, 0.4) is 0 Å². The number of nitrogens with two attached hydrogens (primary N) is 1. The average Bonchev–Trinajstić information content (AvgIpc) is 2.55.